The van der Waals surface area contributed by atoms with Crippen molar-refractivity contribution in [3.8, 4) is 5.75 Å². The highest BCUT2D eigenvalue weighted by molar-refractivity contribution is 7.98. The molecule has 1 aromatic carbocycles. The standard InChI is InChI=1S/C19H24N2O5S/c1-4-21-16(23)13-14(17(21)24)19(9-10-27-3,18(25)26-2)20-15(13)11-5-7-12(22)8-6-11/h5-8,13-15,20,22H,4,9-10H2,1-3H3/t13-,14-,15+,19+/m0/s1. The predicted octanol–water partition coefficient (Wildman–Crippen LogP) is 1.32. The molecule has 1 aromatic rings. The highest BCUT2D eigenvalue weighted by Gasteiger charge is 2.68. The zero-order valence-electron chi connectivity index (χ0n) is 15.6. The van der Waals surface area contributed by atoms with Gasteiger partial charge in [-0.2, -0.15) is 11.8 Å². The predicted molar refractivity (Wildman–Crippen MR) is 101 cm³/mol. The third-order valence-corrected chi connectivity index (χ3v) is 6.18. The Kier molecular flexibility index (Phi) is 5.48. The topological polar surface area (TPSA) is 95.9 Å². The number of nitrogens with zero attached hydrogens (tertiary/aromatic N) is 1. The summed E-state index contributed by atoms with van der Waals surface area (Å²) in [5.74, 6) is -1.85. The van der Waals surface area contributed by atoms with Gasteiger partial charge >= 0.3 is 5.97 Å². The maximum atomic E-state index is 13.1. The highest BCUT2D eigenvalue weighted by atomic mass is 32.2. The van der Waals surface area contributed by atoms with E-state index in [9.17, 15) is 19.5 Å². The molecule has 0 spiro atoms. The second kappa shape index (κ2) is 7.52. The first-order chi connectivity index (χ1) is 12.9. The van der Waals surface area contributed by atoms with E-state index in [0.29, 0.717) is 12.2 Å². The lowest BCUT2D eigenvalue weighted by molar-refractivity contribution is -0.154. The summed E-state index contributed by atoms with van der Waals surface area (Å²) in [4.78, 5) is 40.2. The van der Waals surface area contributed by atoms with Gasteiger partial charge in [0.1, 0.15) is 11.3 Å². The molecule has 2 aliphatic rings. The van der Waals surface area contributed by atoms with Crippen LogP contribution >= 0.6 is 11.8 Å². The van der Waals surface area contributed by atoms with Gasteiger partial charge in [0.05, 0.1) is 18.9 Å². The lowest BCUT2D eigenvalue weighted by Crippen LogP contribution is -2.56. The Hall–Kier alpha value is -2.06. The van der Waals surface area contributed by atoms with Gasteiger partial charge in [0.25, 0.3) is 0 Å². The molecule has 2 N–H and O–H groups in total. The maximum Gasteiger partial charge on any atom is 0.326 e. The summed E-state index contributed by atoms with van der Waals surface area (Å²) in [6.07, 6.45) is 2.31. The molecule has 2 fully saturated rings. The Labute approximate surface area is 162 Å². The summed E-state index contributed by atoms with van der Waals surface area (Å²) in [5, 5.41) is 12.9. The summed E-state index contributed by atoms with van der Waals surface area (Å²) in [5.41, 5.74) is -0.501. The number of methoxy groups -OCH3 is 1. The van der Waals surface area contributed by atoms with Gasteiger partial charge in [0, 0.05) is 12.6 Å². The van der Waals surface area contributed by atoms with E-state index in [1.807, 2.05) is 6.26 Å². The van der Waals surface area contributed by atoms with E-state index < -0.39 is 29.4 Å². The number of phenols is 1. The number of carbonyl (C=O) groups is 3. The molecule has 0 radical (unpaired) electrons. The highest BCUT2D eigenvalue weighted by Crippen LogP contribution is 2.50. The van der Waals surface area contributed by atoms with Crippen molar-refractivity contribution in [3.63, 3.8) is 0 Å². The minimum Gasteiger partial charge on any atom is -0.508 e. The van der Waals surface area contributed by atoms with Crippen molar-refractivity contribution in [3.05, 3.63) is 29.8 Å². The number of likely N-dealkylation sites (tertiary alicyclic amines) is 1. The average Bonchev–Trinajstić information content (AvgIpc) is 3.14. The normalized spacial score (nSPS) is 29.9. The molecule has 0 aromatic heterocycles. The molecule has 2 heterocycles. The van der Waals surface area contributed by atoms with Crippen molar-refractivity contribution < 1.29 is 24.2 Å². The Morgan fingerprint density at radius 1 is 1.30 bits per heavy atom. The van der Waals surface area contributed by atoms with Crippen LogP contribution in [0.4, 0.5) is 0 Å². The molecule has 27 heavy (non-hydrogen) atoms. The first kappa shape index (κ1) is 19.7. The van der Waals surface area contributed by atoms with Gasteiger partial charge in [0.2, 0.25) is 11.8 Å². The largest absolute Gasteiger partial charge is 0.508 e. The Morgan fingerprint density at radius 2 is 1.96 bits per heavy atom. The van der Waals surface area contributed by atoms with Crippen LogP contribution in [0.1, 0.15) is 24.9 Å². The molecule has 0 bridgehead atoms. The van der Waals surface area contributed by atoms with Gasteiger partial charge in [-0.05, 0) is 43.0 Å². The first-order valence-corrected chi connectivity index (χ1v) is 10.3. The van der Waals surface area contributed by atoms with Crippen LogP contribution in [0.2, 0.25) is 0 Å². The van der Waals surface area contributed by atoms with Crippen molar-refractivity contribution in [2.75, 3.05) is 25.7 Å². The van der Waals surface area contributed by atoms with Crippen LogP contribution in [-0.4, -0.2) is 59.0 Å². The minimum atomic E-state index is -1.25. The van der Waals surface area contributed by atoms with Crippen LogP contribution in [0.5, 0.6) is 5.75 Å². The number of hydrogen-bond acceptors (Lipinski definition) is 7. The Bertz CT molecular complexity index is 753. The fraction of sp³-hybridized carbons (Fsp3) is 0.526. The molecule has 146 valence electrons. The first-order valence-electron chi connectivity index (χ1n) is 8.90. The number of carbonyl (C=O) groups excluding carboxylic acids is 3. The number of aromatic hydroxyl groups is 1. The fourth-order valence-corrected chi connectivity index (χ4v) is 4.83. The molecule has 2 amide bonds. The molecule has 0 saturated carbocycles. The van der Waals surface area contributed by atoms with Crippen LogP contribution in [0.3, 0.4) is 0 Å². The summed E-state index contributed by atoms with van der Waals surface area (Å²) >= 11 is 1.57. The van der Waals surface area contributed by atoms with Crippen LogP contribution in [-0.2, 0) is 19.1 Å². The van der Waals surface area contributed by atoms with E-state index in [2.05, 4.69) is 5.32 Å². The van der Waals surface area contributed by atoms with Crippen molar-refractivity contribution in [2.24, 2.45) is 11.8 Å². The smallest absolute Gasteiger partial charge is 0.326 e. The van der Waals surface area contributed by atoms with Crippen LogP contribution in [0.25, 0.3) is 0 Å². The van der Waals surface area contributed by atoms with E-state index in [4.69, 9.17) is 4.74 Å². The molecule has 2 aliphatic heterocycles. The van der Waals surface area contributed by atoms with E-state index in [0.717, 1.165) is 5.56 Å². The monoisotopic (exact) mass is 392 g/mol. The zero-order valence-corrected chi connectivity index (χ0v) is 16.4. The molecule has 3 rings (SSSR count). The van der Waals surface area contributed by atoms with Crippen molar-refractivity contribution >= 4 is 29.5 Å². The van der Waals surface area contributed by atoms with Gasteiger partial charge in [-0.25, -0.2) is 0 Å². The van der Waals surface area contributed by atoms with Crippen LogP contribution < -0.4 is 5.32 Å². The molecule has 8 heteroatoms. The number of esters is 1. The lowest BCUT2D eigenvalue weighted by Gasteiger charge is -2.32. The molecule has 0 unspecified atom stereocenters. The minimum absolute atomic E-state index is 0.110. The van der Waals surface area contributed by atoms with Gasteiger partial charge in [0.15, 0.2) is 0 Å². The Balaban J connectivity index is 2.12. The van der Waals surface area contributed by atoms with Gasteiger partial charge in [-0.3, -0.25) is 24.6 Å². The molecule has 7 nitrogen and oxygen atoms in total. The third-order valence-electron chi connectivity index (χ3n) is 5.56. The van der Waals surface area contributed by atoms with E-state index in [1.54, 1.807) is 30.8 Å². The molecule has 0 aliphatic carbocycles. The number of phenolic OH excluding ortho intramolecular Hbond substituents is 1. The summed E-state index contributed by atoms with van der Waals surface area (Å²) in [6.45, 7) is 2.02. The number of fused-ring (bicyclic) bond motifs is 1. The maximum absolute atomic E-state index is 13.1. The fourth-order valence-electron chi connectivity index (χ4n) is 4.31. The number of amides is 2. The van der Waals surface area contributed by atoms with E-state index in [1.165, 1.54) is 24.1 Å². The quantitative estimate of drug-likeness (QED) is 0.557. The SMILES string of the molecule is CCN1C(=O)[C@@H]2[C@@H](c3ccc(O)cc3)N[C@@](CCSC)(C(=O)OC)[C@@H]2C1=O. The second-order valence-corrected chi connectivity index (χ2v) is 7.83. The molecular weight excluding hydrogens is 368 g/mol. The van der Waals surface area contributed by atoms with Gasteiger partial charge < -0.3 is 9.84 Å². The number of thioether (sulfide) groups is 1. The molecule has 4 atom stereocenters. The average molecular weight is 392 g/mol. The third kappa shape index (κ3) is 3.00. The zero-order chi connectivity index (χ0) is 19.8. The van der Waals surface area contributed by atoms with Crippen LogP contribution in [0, 0.1) is 11.8 Å². The van der Waals surface area contributed by atoms with Crippen LogP contribution in [0.15, 0.2) is 24.3 Å². The summed E-state index contributed by atoms with van der Waals surface area (Å²) in [6, 6.07) is 5.97. The molecular formula is C19H24N2O5S. The second-order valence-electron chi connectivity index (χ2n) is 6.84. The van der Waals surface area contributed by atoms with E-state index >= 15 is 0 Å². The lowest BCUT2D eigenvalue weighted by atomic mass is 9.78. The number of rotatable bonds is 6. The number of nitrogens with one attached hydrogen (secondary N) is 1. The number of ether oxygens (including phenoxy) is 1. The van der Waals surface area contributed by atoms with Gasteiger partial charge in [-0.1, -0.05) is 12.1 Å². The van der Waals surface area contributed by atoms with Gasteiger partial charge in [-0.15, -0.1) is 0 Å². The van der Waals surface area contributed by atoms with Crippen molar-refractivity contribution in [2.45, 2.75) is 24.9 Å². The summed E-state index contributed by atoms with van der Waals surface area (Å²) in [7, 11) is 1.30. The number of hydrogen-bond donors (Lipinski definition) is 2. The van der Waals surface area contributed by atoms with E-state index in [-0.39, 0.29) is 24.1 Å². The van der Waals surface area contributed by atoms with Crippen molar-refractivity contribution in [1.82, 2.24) is 10.2 Å². The Morgan fingerprint density at radius 3 is 2.52 bits per heavy atom. The number of imide groups is 1. The number of benzene rings is 1. The van der Waals surface area contributed by atoms with Crippen molar-refractivity contribution in [1.29, 1.82) is 0 Å². The summed E-state index contributed by atoms with van der Waals surface area (Å²) < 4.78 is 5.07. The molecule has 2 saturated heterocycles.